The second kappa shape index (κ2) is 10.7. The van der Waals surface area contributed by atoms with Crippen LogP contribution in [0.5, 0.6) is 0 Å². The van der Waals surface area contributed by atoms with Crippen LogP contribution in [0.15, 0.2) is 0 Å². The zero-order valence-corrected chi connectivity index (χ0v) is 13.5. The Balaban J connectivity index is 2.21. The number of amides is 2. The lowest BCUT2D eigenvalue weighted by Gasteiger charge is -2.34. The van der Waals surface area contributed by atoms with E-state index < -0.39 is 5.97 Å². The van der Waals surface area contributed by atoms with E-state index in [0.717, 1.165) is 31.6 Å². The van der Waals surface area contributed by atoms with Crippen molar-refractivity contribution in [1.29, 1.82) is 0 Å². The molecule has 1 atom stereocenters. The molecule has 0 aliphatic carbocycles. The molecule has 6 nitrogen and oxygen atoms in total. The molecule has 0 aromatic heterocycles. The number of carbonyl (C=O) groups is 2. The first kappa shape index (κ1) is 18.1. The number of rotatable bonds is 9. The molecule has 1 aliphatic heterocycles. The fraction of sp³-hybridized carbons (Fsp3) is 0.857. The second-order valence-electron chi connectivity index (χ2n) is 5.07. The van der Waals surface area contributed by atoms with Gasteiger partial charge in [-0.15, -0.1) is 0 Å². The van der Waals surface area contributed by atoms with Crippen LogP contribution in [0.3, 0.4) is 0 Å². The van der Waals surface area contributed by atoms with E-state index >= 15 is 0 Å². The van der Waals surface area contributed by atoms with Gasteiger partial charge in [0.25, 0.3) is 0 Å². The number of nitrogens with one attached hydrogen (secondary N) is 1. The summed E-state index contributed by atoms with van der Waals surface area (Å²) < 4.78 is 5.43. The molecule has 2 amide bonds. The van der Waals surface area contributed by atoms with Crippen LogP contribution in [-0.2, 0) is 9.53 Å². The summed E-state index contributed by atoms with van der Waals surface area (Å²) in [5.41, 5.74) is 0. The average Bonchev–Trinajstić information content (AvgIpc) is 2.46. The predicted octanol–water partition coefficient (Wildman–Crippen LogP) is 1.79. The third-order valence-corrected chi connectivity index (χ3v) is 4.37. The Morgan fingerprint density at radius 2 is 2.14 bits per heavy atom. The lowest BCUT2D eigenvalue weighted by atomic mass is 10.2. The highest BCUT2D eigenvalue weighted by molar-refractivity contribution is 7.99. The molecule has 1 rings (SSSR count). The van der Waals surface area contributed by atoms with Gasteiger partial charge in [0.2, 0.25) is 0 Å². The molecule has 1 heterocycles. The van der Waals surface area contributed by atoms with Crippen LogP contribution in [0, 0.1) is 0 Å². The lowest BCUT2D eigenvalue weighted by Crippen LogP contribution is -2.51. The van der Waals surface area contributed by atoms with Crippen molar-refractivity contribution < 1.29 is 19.4 Å². The van der Waals surface area contributed by atoms with Gasteiger partial charge < -0.3 is 20.1 Å². The van der Waals surface area contributed by atoms with E-state index in [1.165, 1.54) is 0 Å². The first-order chi connectivity index (χ1) is 10.1. The van der Waals surface area contributed by atoms with Gasteiger partial charge in [-0.05, 0) is 12.8 Å². The van der Waals surface area contributed by atoms with Crippen LogP contribution in [0.4, 0.5) is 4.79 Å². The van der Waals surface area contributed by atoms with Crippen LogP contribution in [0.2, 0.25) is 0 Å². The highest BCUT2D eigenvalue weighted by Gasteiger charge is 2.28. The standard InChI is InChI=1S/C14H26N2O4S/c1-2-3-7-20-8-4-5-15-14(19)16-6-9-21-11-12(16)10-13(17)18/h12H,2-11H2,1H3,(H,15,19)(H,17,18). The van der Waals surface area contributed by atoms with Crippen molar-refractivity contribution in [2.24, 2.45) is 0 Å². The molecule has 1 fully saturated rings. The maximum atomic E-state index is 12.1. The molecule has 0 bridgehead atoms. The van der Waals surface area contributed by atoms with Crippen LogP contribution < -0.4 is 5.32 Å². The van der Waals surface area contributed by atoms with Crippen LogP contribution in [-0.4, -0.2) is 65.9 Å². The SMILES string of the molecule is CCCCOCCCNC(=O)N1CCSCC1CC(=O)O. The molecule has 21 heavy (non-hydrogen) atoms. The molecule has 1 saturated heterocycles. The number of carboxylic acids is 1. The Morgan fingerprint density at radius 1 is 1.38 bits per heavy atom. The van der Waals surface area contributed by atoms with Crippen molar-refractivity contribution in [3.05, 3.63) is 0 Å². The highest BCUT2D eigenvalue weighted by atomic mass is 32.2. The summed E-state index contributed by atoms with van der Waals surface area (Å²) in [6.07, 6.45) is 2.98. The van der Waals surface area contributed by atoms with E-state index in [9.17, 15) is 9.59 Å². The fourth-order valence-corrected chi connectivity index (χ4v) is 3.17. The first-order valence-corrected chi connectivity index (χ1v) is 8.72. The minimum atomic E-state index is -0.857. The number of hydrogen-bond acceptors (Lipinski definition) is 4. The van der Waals surface area contributed by atoms with Crippen molar-refractivity contribution in [3.8, 4) is 0 Å². The first-order valence-electron chi connectivity index (χ1n) is 7.57. The molecule has 1 unspecified atom stereocenters. The van der Waals surface area contributed by atoms with Gasteiger partial charge in [0.15, 0.2) is 0 Å². The van der Waals surface area contributed by atoms with Gasteiger partial charge in [-0.1, -0.05) is 13.3 Å². The van der Waals surface area contributed by atoms with E-state index in [1.807, 2.05) is 0 Å². The topological polar surface area (TPSA) is 78.9 Å². The Morgan fingerprint density at radius 3 is 2.86 bits per heavy atom. The monoisotopic (exact) mass is 318 g/mol. The van der Waals surface area contributed by atoms with Gasteiger partial charge in [-0.2, -0.15) is 11.8 Å². The molecule has 0 aromatic rings. The van der Waals surface area contributed by atoms with E-state index in [0.29, 0.717) is 25.4 Å². The molecule has 0 aromatic carbocycles. The zero-order chi connectivity index (χ0) is 15.5. The third kappa shape index (κ3) is 7.57. The Hall–Kier alpha value is -0.950. The largest absolute Gasteiger partial charge is 0.481 e. The van der Waals surface area contributed by atoms with Crippen LogP contribution in [0.25, 0.3) is 0 Å². The molecular weight excluding hydrogens is 292 g/mol. The van der Waals surface area contributed by atoms with Gasteiger partial charge in [0, 0.05) is 37.8 Å². The minimum Gasteiger partial charge on any atom is -0.481 e. The number of unbranched alkanes of at least 4 members (excludes halogenated alkanes) is 1. The number of aliphatic carboxylic acids is 1. The average molecular weight is 318 g/mol. The summed E-state index contributed by atoms with van der Waals surface area (Å²) in [7, 11) is 0. The van der Waals surface area contributed by atoms with Gasteiger partial charge in [-0.25, -0.2) is 4.79 Å². The molecule has 2 N–H and O–H groups in total. The summed E-state index contributed by atoms with van der Waals surface area (Å²) in [5.74, 6) is 0.702. The molecule has 1 aliphatic rings. The molecule has 0 spiro atoms. The summed E-state index contributed by atoms with van der Waals surface area (Å²) >= 11 is 1.70. The molecule has 7 heteroatoms. The summed E-state index contributed by atoms with van der Waals surface area (Å²) in [6, 6.07) is -0.364. The quantitative estimate of drug-likeness (QED) is 0.634. The second-order valence-corrected chi connectivity index (χ2v) is 6.22. The van der Waals surface area contributed by atoms with E-state index in [2.05, 4.69) is 12.2 Å². The number of nitrogens with zero attached hydrogens (tertiary/aromatic N) is 1. The van der Waals surface area contributed by atoms with Gasteiger partial charge in [0.1, 0.15) is 0 Å². The fourth-order valence-electron chi connectivity index (χ4n) is 2.11. The number of hydrogen-bond donors (Lipinski definition) is 2. The Bertz CT molecular complexity index is 328. The van der Waals surface area contributed by atoms with Crippen molar-refractivity contribution >= 4 is 23.8 Å². The molecule has 122 valence electrons. The summed E-state index contributed by atoms with van der Waals surface area (Å²) in [4.78, 5) is 24.6. The van der Waals surface area contributed by atoms with Crippen LogP contribution in [0.1, 0.15) is 32.6 Å². The highest BCUT2D eigenvalue weighted by Crippen LogP contribution is 2.18. The zero-order valence-electron chi connectivity index (χ0n) is 12.7. The normalized spacial score (nSPS) is 18.5. The Kier molecular flexibility index (Phi) is 9.25. The van der Waals surface area contributed by atoms with E-state index in [1.54, 1.807) is 16.7 Å². The number of urea groups is 1. The third-order valence-electron chi connectivity index (χ3n) is 3.28. The molecule has 0 saturated carbocycles. The van der Waals surface area contributed by atoms with Gasteiger partial charge in [0.05, 0.1) is 12.5 Å². The van der Waals surface area contributed by atoms with Crippen molar-refractivity contribution in [1.82, 2.24) is 10.2 Å². The van der Waals surface area contributed by atoms with Crippen LogP contribution >= 0.6 is 11.8 Å². The number of carbonyl (C=O) groups excluding carboxylic acids is 1. The number of carboxylic acid groups (broad SMARTS) is 1. The predicted molar refractivity (Wildman–Crippen MR) is 83.8 cm³/mol. The van der Waals surface area contributed by atoms with Crippen molar-refractivity contribution in [3.63, 3.8) is 0 Å². The summed E-state index contributed by atoms with van der Waals surface area (Å²) in [5, 5.41) is 11.7. The smallest absolute Gasteiger partial charge is 0.317 e. The molecule has 0 radical (unpaired) electrons. The maximum absolute atomic E-state index is 12.1. The van der Waals surface area contributed by atoms with Gasteiger partial charge in [-0.3, -0.25) is 4.79 Å². The Labute approximate surface area is 130 Å². The minimum absolute atomic E-state index is 0.0144. The van der Waals surface area contributed by atoms with E-state index in [4.69, 9.17) is 9.84 Å². The van der Waals surface area contributed by atoms with Crippen molar-refractivity contribution in [2.75, 3.05) is 37.8 Å². The van der Waals surface area contributed by atoms with Gasteiger partial charge >= 0.3 is 12.0 Å². The number of ether oxygens (including phenoxy) is 1. The lowest BCUT2D eigenvalue weighted by molar-refractivity contribution is -0.137. The maximum Gasteiger partial charge on any atom is 0.317 e. The van der Waals surface area contributed by atoms with Crippen molar-refractivity contribution in [2.45, 2.75) is 38.6 Å². The molecular formula is C14H26N2O4S. The number of thioether (sulfide) groups is 1. The summed E-state index contributed by atoms with van der Waals surface area (Å²) in [6.45, 7) is 4.72. The van der Waals surface area contributed by atoms with E-state index in [-0.39, 0.29) is 18.5 Å².